The zero-order valence-corrected chi connectivity index (χ0v) is 15.9. The van der Waals surface area contributed by atoms with Crippen LogP contribution in [0.5, 0.6) is 0 Å². The van der Waals surface area contributed by atoms with Crippen molar-refractivity contribution in [3.63, 3.8) is 0 Å². The maximum Gasteiger partial charge on any atom is 0.230 e. The zero-order chi connectivity index (χ0) is 17.3. The molecule has 0 radical (unpaired) electrons. The Hall–Kier alpha value is -1.99. The highest BCUT2D eigenvalue weighted by Gasteiger charge is 2.16. The summed E-state index contributed by atoms with van der Waals surface area (Å²) in [5, 5.41) is 7.34. The molecule has 0 aliphatic heterocycles. The van der Waals surface area contributed by atoms with Gasteiger partial charge in [0.15, 0.2) is 5.13 Å². The van der Waals surface area contributed by atoms with Gasteiger partial charge in [0, 0.05) is 20.5 Å². The van der Waals surface area contributed by atoms with Crippen LogP contribution in [0.1, 0.15) is 21.9 Å². The Labute approximate surface area is 152 Å². The lowest BCUT2D eigenvalue weighted by Gasteiger charge is -2.01. The molecule has 0 saturated heterocycles. The second-order valence-electron chi connectivity index (χ2n) is 5.46. The fraction of sp³-hybridized carbons (Fsp3) is 0.235. The second kappa shape index (κ2) is 6.86. The highest BCUT2D eigenvalue weighted by molar-refractivity contribution is 9.10. The normalized spacial score (nSPS) is 10.8. The molecule has 0 aliphatic rings. The van der Waals surface area contributed by atoms with Gasteiger partial charge in [-0.1, -0.05) is 33.2 Å². The number of halogens is 1. The van der Waals surface area contributed by atoms with E-state index in [0.29, 0.717) is 10.9 Å². The minimum absolute atomic E-state index is 0.125. The van der Waals surface area contributed by atoms with Crippen LogP contribution < -0.4 is 5.32 Å². The highest BCUT2D eigenvalue weighted by Crippen LogP contribution is 2.31. The van der Waals surface area contributed by atoms with Gasteiger partial charge in [0.1, 0.15) is 5.76 Å². The number of carbonyl (C=O) groups excluding carboxylic acids is 1. The fourth-order valence-corrected chi connectivity index (χ4v) is 3.52. The second-order valence-corrected chi connectivity index (χ2v) is 7.58. The first kappa shape index (κ1) is 16.9. The van der Waals surface area contributed by atoms with Gasteiger partial charge in [-0.05, 0) is 32.9 Å². The highest BCUT2D eigenvalue weighted by atomic mass is 79.9. The molecular weight excluding hydrogens is 390 g/mol. The number of amides is 1. The van der Waals surface area contributed by atoms with Gasteiger partial charge < -0.3 is 9.84 Å². The smallest absolute Gasteiger partial charge is 0.230 e. The van der Waals surface area contributed by atoms with Crippen molar-refractivity contribution in [3.8, 4) is 11.3 Å². The molecule has 2 heterocycles. The van der Waals surface area contributed by atoms with Crippen molar-refractivity contribution in [1.82, 2.24) is 10.1 Å². The summed E-state index contributed by atoms with van der Waals surface area (Å²) in [6.07, 6.45) is 0.230. The van der Waals surface area contributed by atoms with Gasteiger partial charge in [0.2, 0.25) is 5.91 Å². The van der Waals surface area contributed by atoms with Crippen molar-refractivity contribution in [2.45, 2.75) is 27.2 Å². The molecule has 0 spiro atoms. The molecule has 3 rings (SSSR count). The van der Waals surface area contributed by atoms with Crippen LogP contribution in [0.2, 0.25) is 0 Å². The van der Waals surface area contributed by atoms with E-state index in [2.05, 4.69) is 31.4 Å². The maximum atomic E-state index is 12.3. The van der Waals surface area contributed by atoms with Crippen LogP contribution in [0.4, 0.5) is 5.13 Å². The van der Waals surface area contributed by atoms with E-state index in [9.17, 15) is 4.79 Å². The molecule has 3 aromatic rings. The average molecular weight is 406 g/mol. The minimum atomic E-state index is -0.125. The van der Waals surface area contributed by atoms with Crippen LogP contribution in [-0.2, 0) is 11.2 Å². The summed E-state index contributed by atoms with van der Waals surface area (Å²) in [6.45, 7) is 5.64. The van der Waals surface area contributed by atoms with E-state index in [1.54, 1.807) is 0 Å². The van der Waals surface area contributed by atoms with Crippen molar-refractivity contribution in [2.24, 2.45) is 0 Å². The van der Waals surface area contributed by atoms with E-state index in [-0.39, 0.29) is 12.3 Å². The Bertz CT molecular complexity index is 864. The van der Waals surface area contributed by atoms with Crippen LogP contribution in [0.15, 0.2) is 33.3 Å². The van der Waals surface area contributed by atoms with E-state index in [1.165, 1.54) is 11.3 Å². The molecule has 24 heavy (non-hydrogen) atoms. The number of thiazole rings is 1. The molecule has 5 nitrogen and oxygen atoms in total. The Morgan fingerprint density at radius 3 is 2.58 bits per heavy atom. The lowest BCUT2D eigenvalue weighted by atomic mass is 10.1. The number of hydrogen-bond acceptors (Lipinski definition) is 5. The molecule has 2 aromatic heterocycles. The monoisotopic (exact) mass is 405 g/mol. The van der Waals surface area contributed by atoms with Crippen molar-refractivity contribution >= 4 is 38.3 Å². The minimum Gasteiger partial charge on any atom is -0.361 e. The predicted octanol–water partition coefficient (Wildman–Crippen LogP) is 4.67. The number of nitrogens with one attached hydrogen (secondary N) is 1. The van der Waals surface area contributed by atoms with Crippen LogP contribution >= 0.6 is 27.3 Å². The molecule has 0 atom stereocenters. The molecular formula is C17H16BrN3O2S. The maximum absolute atomic E-state index is 12.3. The van der Waals surface area contributed by atoms with E-state index in [1.807, 2.05) is 45.0 Å². The Morgan fingerprint density at radius 1 is 1.25 bits per heavy atom. The Balaban J connectivity index is 1.75. The summed E-state index contributed by atoms with van der Waals surface area (Å²) in [7, 11) is 0. The van der Waals surface area contributed by atoms with Gasteiger partial charge in [-0.3, -0.25) is 4.79 Å². The molecule has 1 aromatic carbocycles. The first-order valence-corrected chi connectivity index (χ1v) is 9.00. The van der Waals surface area contributed by atoms with Crippen LogP contribution in [0.25, 0.3) is 11.3 Å². The summed E-state index contributed by atoms with van der Waals surface area (Å²) in [5.74, 6) is 0.550. The number of anilines is 1. The van der Waals surface area contributed by atoms with Crippen molar-refractivity contribution < 1.29 is 9.32 Å². The van der Waals surface area contributed by atoms with E-state index < -0.39 is 0 Å². The van der Waals surface area contributed by atoms with Gasteiger partial charge in [0.25, 0.3) is 0 Å². The van der Waals surface area contributed by atoms with Gasteiger partial charge >= 0.3 is 0 Å². The summed E-state index contributed by atoms with van der Waals surface area (Å²) in [4.78, 5) is 17.9. The van der Waals surface area contributed by atoms with E-state index in [4.69, 9.17) is 4.52 Å². The van der Waals surface area contributed by atoms with Crippen LogP contribution in [0.3, 0.4) is 0 Å². The van der Waals surface area contributed by atoms with Gasteiger partial charge in [-0.15, -0.1) is 11.3 Å². The fourth-order valence-electron chi connectivity index (χ4n) is 2.40. The molecule has 0 saturated carbocycles. The molecule has 124 valence electrons. The Morgan fingerprint density at radius 2 is 1.96 bits per heavy atom. The average Bonchev–Trinajstić information content (AvgIpc) is 3.05. The summed E-state index contributed by atoms with van der Waals surface area (Å²) in [5.41, 5.74) is 3.49. The van der Waals surface area contributed by atoms with Gasteiger partial charge in [-0.2, -0.15) is 0 Å². The topological polar surface area (TPSA) is 68.0 Å². The van der Waals surface area contributed by atoms with E-state index in [0.717, 1.165) is 31.9 Å². The number of aromatic nitrogens is 2. The summed E-state index contributed by atoms with van der Waals surface area (Å²) in [6, 6.07) is 7.96. The van der Waals surface area contributed by atoms with Crippen LogP contribution in [-0.4, -0.2) is 16.0 Å². The van der Waals surface area contributed by atoms with Crippen molar-refractivity contribution in [1.29, 1.82) is 0 Å². The van der Waals surface area contributed by atoms with Crippen molar-refractivity contribution in [2.75, 3.05) is 5.32 Å². The quantitative estimate of drug-likeness (QED) is 0.684. The zero-order valence-electron chi connectivity index (χ0n) is 13.5. The Kier molecular flexibility index (Phi) is 4.82. The third-order valence-corrected chi connectivity index (χ3v) is 5.09. The predicted molar refractivity (Wildman–Crippen MR) is 98.3 cm³/mol. The first-order valence-electron chi connectivity index (χ1n) is 7.39. The first-order chi connectivity index (χ1) is 11.4. The summed E-state index contributed by atoms with van der Waals surface area (Å²) < 4.78 is 6.11. The van der Waals surface area contributed by atoms with Gasteiger partial charge in [0.05, 0.1) is 17.8 Å². The molecule has 1 N–H and O–H groups in total. The standard InChI is InChI=1S/C17H16BrN3O2S/c1-9-14(10(2)23-21-9)8-15(22)19-17-20-16(11(3)24-17)12-4-6-13(18)7-5-12/h4-7H,8H2,1-3H3,(H,19,20,22). The number of aryl methyl sites for hydroxylation is 3. The van der Waals surface area contributed by atoms with Crippen molar-refractivity contribution in [3.05, 3.63) is 50.6 Å². The third-order valence-electron chi connectivity index (χ3n) is 3.68. The molecule has 7 heteroatoms. The summed E-state index contributed by atoms with van der Waals surface area (Å²) >= 11 is 4.90. The number of nitrogens with zero attached hydrogens (tertiary/aromatic N) is 2. The van der Waals surface area contributed by atoms with E-state index >= 15 is 0 Å². The largest absolute Gasteiger partial charge is 0.361 e. The molecule has 0 aliphatic carbocycles. The number of rotatable bonds is 4. The van der Waals surface area contributed by atoms with Gasteiger partial charge in [-0.25, -0.2) is 4.98 Å². The number of carbonyl (C=O) groups is 1. The lowest BCUT2D eigenvalue weighted by molar-refractivity contribution is -0.115. The number of hydrogen-bond donors (Lipinski definition) is 1. The lowest BCUT2D eigenvalue weighted by Crippen LogP contribution is -2.15. The SMILES string of the molecule is Cc1noc(C)c1CC(=O)Nc1nc(-c2ccc(Br)cc2)c(C)s1. The third kappa shape index (κ3) is 3.57. The molecule has 0 bridgehead atoms. The molecule has 0 fully saturated rings. The molecule has 0 unspecified atom stereocenters. The molecule has 1 amide bonds. The number of benzene rings is 1. The van der Waals surface area contributed by atoms with Crippen LogP contribution in [0, 0.1) is 20.8 Å².